The summed E-state index contributed by atoms with van der Waals surface area (Å²) < 4.78 is 5.63. The molecule has 0 aliphatic heterocycles. The van der Waals surface area contributed by atoms with Gasteiger partial charge < -0.3 is 10.5 Å². The second-order valence-electron chi connectivity index (χ2n) is 4.59. The standard InChI is InChI=1S/C15H20N2OS/c1-3-7-18-14-6-4-5-12(8-14)15(16)9-13-10-19-11(2)17-13/h4-6,8,10,15H,3,7,9,16H2,1-2H3. The first-order chi connectivity index (χ1) is 9.19. The summed E-state index contributed by atoms with van der Waals surface area (Å²) in [6.07, 6.45) is 1.77. The molecule has 0 aliphatic carbocycles. The van der Waals surface area contributed by atoms with Crippen molar-refractivity contribution in [1.82, 2.24) is 4.98 Å². The molecule has 1 atom stereocenters. The van der Waals surface area contributed by atoms with Gasteiger partial charge in [0.25, 0.3) is 0 Å². The normalized spacial score (nSPS) is 12.4. The van der Waals surface area contributed by atoms with Crippen LogP contribution in [0.15, 0.2) is 29.6 Å². The molecule has 1 heterocycles. The van der Waals surface area contributed by atoms with Crippen LogP contribution in [-0.2, 0) is 6.42 Å². The van der Waals surface area contributed by atoms with Crippen molar-refractivity contribution in [2.45, 2.75) is 32.7 Å². The first-order valence-corrected chi connectivity index (χ1v) is 7.46. The summed E-state index contributed by atoms with van der Waals surface area (Å²) >= 11 is 1.66. The highest BCUT2D eigenvalue weighted by molar-refractivity contribution is 7.09. The van der Waals surface area contributed by atoms with Crippen molar-refractivity contribution in [3.05, 3.63) is 45.9 Å². The van der Waals surface area contributed by atoms with Crippen LogP contribution in [0.3, 0.4) is 0 Å². The molecule has 2 N–H and O–H groups in total. The quantitative estimate of drug-likeness (QED) is 0.878. The van der Waals surface area contributed by atoms with Crippen LogP contribution in [0, 0.1) is 6.92 Å². The number of benzene rings is 1. The van der Waals surface area contributed by atoms with Crippen LogP contribution >= 0.6 is 11.3 Å². The van der Waals surface area contributed by atoms with E-state index >= 15 is 0 Å². The third kappa shape index (κ3) is 4.04. The predicted octanol–water partition coefficient (Wildman–Crippen LogP) is 3.48. The highest BCUT2D eigenvalue weighted by atomic mass is 32.1. The Labute approximate surface area is 118 Å². The third-order valence-corrected chi connectivity index (χ3v) is 3.68. The molecule has 1 aromatic carbocycles. The Bertz CT molecular complexity index is 524. The molecular formula is C15H20N2OS. The number of thiazole rings is 1. The topological polar surface area (TPSA) is 48.1 Å². The fraction of sp³-hybridized carbons (Fsp3) is 0.400. The van der Waals surface area contributed by atoms with E-state index in [0.29, 0.717) is 0 Å². The van der Waals surface area contributed by atoms with Crippen LogP contribution < -0.4 is 10.5 Å². The van der Waals surface area contributed by atoms with Crippen LogP contribution in [0.25, 0.3) is 0 Å². The second-order valence-corrected chi connectivity index (χ2v) is 5.65. The third-order valence-electron chi connectivity index (χ3n) is 2.85. The summed E-state index contributed by atoms with van der Waals surface area (Å²) in [6.45, 7) is 4.85. The van der Waals surface area contributed by atoms with E-state index in [2.05, 4.69) is 17.3 Å². The van der Waals surface area contributed by atoms with Crippen molar-refractivity contribution in [2.24, 2.45) is 5.73 Å². The minimum atomic E-state index is -0.0355. The van der Waals surface area contributed by atoms with E-state index in [-0.39, 0.29) is 6.04 Å². The monoisotopic (exact) mass is 276 g/mol. The van der Waals surface area contributed by atoms with Gasteiger partial charge in [-0.3, -0.25) is 0 Å². The van der Waals surface area contributed by atoms with E-state index in [4.69, 9.17) is 10.5 Å². The number of rotatable bonds is 6. The summed E-state index contributed by atoms with van der Waals surface area (Å²) in [4.78, 5) is 4.46. The highest BCUT2D eigenvalue weighted by Gasteiger charge is 2.10. The van der Waals surface area contributed by atoms with Gasteiger partial charge in [-0.05, 0) is 31.0 Å². The van der Waals surface area contributed by atoms with E-state index in [1.807, 2.05) is 31.2 Å². The van der Waals surface area contributed by atoms with Crippen LogP contribution in [0.2, 0.25) is 0 Å². The largest absolute Gasteiger partial charge is 0.494 e. The maximum absolute atomic E-state index is 6.24. The zero-order valence-corrected chi connectivity index (χ0v) is 12.2. The average Bonchev–Trinajstić information content (AvgIpc) is 2.82. The first-order valence-electron chi connectivity index (χ1n) is 6.58. The lowest BCUT2D eigenvalue weighted by molar-refractivity contribution is 0.317. The molecule has 0 fully saturated rings. The van der Waals surface area contributed by atoms with Crippen LogP contribution in [-0.4, -0.2) is 11.6 Å². The molecule has 4 heteroatoms. The smallest absolute Gasteiger partial charge is 0.119 e. The van der Waals surface area contributed by atoms with Crippen LogP contribution in [0.1, 0.15) is 35.7 Å². The Kier molecular flexibility index (Phi) is 4.93. The fourth-order valence-corrected chi connectivity index (χ4v) is 2.53. The van der Waals surface area contributed by atoms with Crippen molar-refractivity contribution in [3.63, 3.8) is 0 Å². The van der Waals surface area contributed by atoms with Gasteiger partial charge >= 0.3 is 0 Å². The molecule has 0 bridgehead atoms. The number of nitrogens with zero attached hydrogens (tertiary/aromatic N) is 1. The van der Waals surface area contributed by atoms with E-state index < -0.39 is 0 Å². The predicted molar refractivity (Wildman–Crippen MR) is 79.7 cm³/mol. The second kappa shape index (κ2) is 6.68. The maximum Gasteiger partial charge on any atom is 0.119 e. The van der Waals surface area contributed by atoms with Gasteiger partial charge in [-0.15, -0.1) is 11.3 Å². The summed E-state index contributed by atoms with van der Waals surface area (Å²) in [5.74, 6) is 0.893. The highest BCUT2D eigenvalue weighted by Crippen LogP contribution is 2.21. The minimum Gasteiger partial charge on any atom is -0.494 e. The zero-order chi connectivity index (χ0) is 13.7. The maximum atomic E-state index is 6.24. The Hall–Kier alpha value is -1.39. The van der Waals surface area contributed by atoms with Crippen molar-refractivity contribution >= 4 is 11.3 Å². The zero-order valence-electron chi connectivity index (χ0n) is 11.4. The molecule has 2 rings (SSSR count). The summed E-state index contributed by atoms with van der Waals surface area (Å²) in [5.41, 5.74) is 8.40. The molecule has 0 radical (unpaired) electrons. The van der Waals surface area contributed by atoms with E-state index in [9.17, 15) is 0 Å². The van der Waals surface area contributed by atoms with E-state index in [0.717, 1.165) is 41.5 Å². The molecule has 0 spiro atoms. The molecule has 0 aliphatic rings. The Morgan fingerprint density at radius 3 is 2.95 bits per heavy atom. The van der Waals surface area contributed by atoms with Crippen molar-refractivity contribution in [3.8, 4) is 5.75 Å². The summed E-state index contributed by atoms with van der Waals surface area (Å²) in [7, 11) is 0. The molecule has 102 valence electrons. The lowest BCUT2D eigenvalue weighted by Crippen LogP contribution is -2.13. The number of aromatic nitrogens is 1. The number of hydrogen-bond donors (Lipinski definition) is 1. The van der Waals surface area contributed by atoms with Gasteiger partial charge in [-0.2, -0.15) is 0 Å². The van der Waals surface area contributed by atoms with Crippen molar-refractivity contribution < 1.29 is 4.74 Å². The average molecular weight is 276 g/mol. The van der Waals surface area contributed by atoms with Crippen LogP contribution in [0.4, 0.5) is 0 Å². The molecule has 0 saturated heterocycles. The Balaban J connectivity index is 2.03. The lowest BCUT2D eigenvalue weighted by atomic mass is 10.0. The molecule has 0 saturated carbocycles. The summed E-state index contributed by atoms with van der Waals surface area (Å²) in [6, 6.07) is 8.00. The van der Waals surface area contributed by atoms with Gasteiger partial charge in [0.15, 0.2) is 0 Å². The first kappa shape index (κ1) is 14.0. The Morgan fingerprint density at radius 2 is 2.26 bits per heavy atom. The molecule has 3 nitrogen and oxygen atoms in total. The van der Waals surface area contributed by atoms with Gasteiger partial charge in [0.2, 0.25) is 0 Å². The van der Waals surface area contributed by atoms with Crippen molar-refractivity contribution in [1.29, 1.82) is 0 Å². The number of aryl methyl sites for hydroxylation is 1. The number of ether oxygens (including phenoxy) is 1. The van der Waals surface area contributed by atoms with Gasteiger partial charge in [0, 0.05) is 17.8 Å². The molecule has 1 unspecified atom stereocenters. The fourth-order valence-electron chi connectivity index (χ4n) is 1.90. The SMILES string of the molecule is CCCOc1cccc(C(N)Cc2csc(C)n2)c1. The van der Waals surface area contributed by atoms with Gasteiger partial charge in [-0.1, -0.05) is 19.1 Å². The van der Waals surface area contributed by atoms with E-state index in [1.54, 1.807) is 11.3 Å². The summed E-state index contributed by atoms with van der Waals surface area (Å²) in [5, 5.41) is 3.16. The molecular weight excluding hydrogens is 256 g/mol. The van der Waals surface area contributed by atoms with Gasteiger partial charge in [-0.25, -0.2) is 4.98 Å². The van der Waals surface area contributed by atoms with E-state index in [1.165, 1.54) is 0 Å². The van der Waals surface area contributed by atoms with Crippen molar-refractivity contribution in [2.75, 3.05) is 6.61 Å². The molecule has 19 heavy (non-hydrogen) atoms. The number of nitrogens with two attached hydrogens (primary N) is 1. The van der Waals surface area contributed by atoms with Gasteiger partial charge in [0.1, 0.15) is 5.75 Å². The Morgan fingerprint density at radius 1 is 1.42 bits per heavy atom. The van der Waals surface area contributed by atoms with Crippen LogP contribution in [0.5, 0.6) is 5.75 Å². The molecule has 2 aromatic rings. The lowest BCUT2D eigenvalue weighted by Gasteiger charge is -2.12. The van der Waals surface area contributed by atoms with Gasteiger partial charge in [0.05, 0.1) is 17.3 Å². The molecule has 0 amide bonds. The molecule has 1 aromatic heterocycles. The minimum absolute atomic E-state index is 0.0355. The number of hydrogen-bond acceptors (Lipinski definition) is 4.